The molecule has 268 valence electrons. The van der Waals surface area contributed by atoms with Gasteiger partial charge in [-0.1, -0.05) is 48.5 Å². The number of nitrogens with zero attached hydrogens (tertiary/aromatic N) is 5. The molecule has 2 aromatic heterocycles. The van der Waals surface area contributed by atoms with E-state index in [0.717, 1.165) is 22.2 Å². The maximum atomic E-state index is 13.0. The number of fused-ring (bicyclic) bond motifs is 3. The minimum absolute atomic E-state index is 0.0706. The van der Waals surface area contributed by atoms with Gasteiger partial charge in [0.05, 0.1) is 30.1 Å². The Morgan fingerprint density at radius 3 is 2.55 bits per heavy atom. The van der Waals surface area contributed by atoms with Crippen molar-refractivity contribution in [3.05, 3.63) is 78.0 Å². The molecule has 4 aromatic rings. The third kappa shape index (κ3) is 8.05. The van der Waals surface area contributed by atoms with Crippen LogP contribution in [0.25, 0.3) is 22.2 Å². The molecule has 2 N–H and O–H groups in total. The van der Waals surface area contributed by atoms with Gasteiger partial charge in [0, 0.05) is 43.5 Å². The van der Waals surface area contributed by atoms with Gasteiger partial charge in [-0.2, -0.15) is 5.10 Å². The normalized spacial score (nSPS) is 18.5. The number of rotatable bonds is 9. The van der Waals surface area contributed by atoms with Gasteiger partial charge < -0.3 is 29.7 Å². The van der Waals surface area contributed by atoms with Gasteiger partial charge in [-0.05, 0) is 51.0 Å². The molecule has 1 saturated heterocycles. The average Bonchev–Trinajstić information content (AvgIpc) is 3.70. The van der Waals surface area contributed by atoms with E-state index in [0.29, 0.717) is 36.4 Å². The zero-order valence-electron chi connectivity index (χ0n) is 29.4. The molecule has 3 amide bonds. The third-order valence-electron chi connectivity index (χ3n) is 8.81. The van der Waals surface area contributed by atoms with E-state index >= 15 is 0 Å². The Labute approximate surface area is 296 Å². The summed E-state index contributed by atoms with van der Waals surface area (Å²) in [5.74, 6) is -0.116. The van der Waals surface area contributed by atoms with E-state index in [1.807, 2.05) is 66.7 Å². The molecule has 3 atom stereocenters. The van der Waals surface area contributed by atoms with Gasteiger partial charge in [-0.3, -0.25) is 14.4 Å². The second-order valence-electron chi connectivity index (χ2n) is 13.8. The van der Waals surface area contributed by atoms with Crippen molar-refractivity contribution in [1.29, 1.82) is 0 Å². The number of amides is 3. The minimum atomic E-state index is -0.796. The fraction of sp³-hybridized carbons (Fsp3) is 0.405. The SMILES string of the molecule is COC(=O)[C@@H]1C[C@H](Nc2cccc(-c3cccc4nn5c(c34)C(CCN(C)C(=O)OCc3ccccc3)NC(=O)C5)n2)CN1C(=O)OC(C)(C)C. The first kappa shape index (κ1) is 35.2. The van der Waals surface area contributed by atoms with Gasteiger partial charge in [0.25, 0.3) is 0 Å². The molecule has 1 unspecified atom stereocenters. The van der Waals surface area contributed by atoms with Gasteiger partial charge in [-0.15, -0.1) is 0 Å². The van der Waals surface area contributed by atoms with Gasteiger partial charge in [0.2, 0.25) is 5.91 Å². The summed E-state index contributed by atoms with van der Waals surface area (Å²) in [4.78, 5) is 59.0. The molecular formula is C37H43N7O7. The van der Waals surface area contributed by atoms with Crippen LogP contribution in [-0.2, 0) is 37.0 Å². The van der Waals surface area contributed by atoms with Gasteiger partial charge in [0.15, 0.2) is 0 Å². The summed E-state index contributed by atoms with van der Waals surface area (Å²) in [5.41, 5.74) is 3.21. The summed E-state index contributed by atoms with van der Waals surface area (Å²) in [6.45, 7) is 6.12. The number of esters is 1. The number of benzene rings is 2. The number of hydrogen-bond donors (Lipinski definition) is 2. The minimum Gasteiger partial charge on any atom is -0.467 e. The Morgan fingerprint density at radius 2 is 1.80 bits per heavy atom. The highest BCUT2D eigenvalue weighted by Crippen LogP contribution is 2.36. The third-order valence-corrected chi connectivity index (χ3v) is 8.81. The van der Waals surface area contributed by atoms with E-state index in [-0.39, 0.29) is 31.6 Å². The molecule has 1 fully saturated rings. The standard InChI is InChI=1S/C37H43N7O7/c1-37(2,3)51-36(48)43-20-24(19-29(43)34(46)49-5)38-30-16-10-14-26(39-30)25-13-9-15-27-32(25)33-28(40-31(45)21-44(33)41-27)17-18-42(4)35(47)50-22-23-11-7-6-8-12-23/h6-16,24,28-29H,17-22H2,1-5H3,(H,38,39)(H,40,45)/t24-,28?,29-/m0/s1. The predicted octanol–water partition coefficient (Wildman–Crippen LogP) is 4.89. The van der Waals surface area contributed by atoms with E-state index in [9.17, 15) is 19.2 Å². The molecule has 0 bridgehead atoms. The molecule has 14 heteroatoms. The smallest absolute Gasteiger partial charge is 0.411 e. The summed E-state index contributed by atoms with van der Waals surface area (Å²) in [6, 6.07) is 19.3. The molecule has 0 spiro atoms. The number of carbonyl (C=O) groups is 4. The van der Waals surface area contributed by atoms with Gasteiger partial charge in [-0.25, -0.2) is 19.4 Å². The number of nitrogens with one attached hydrogen (secondary N) is 2. The number of likely N-dealkylation sites (tertiary alicyclic amines) is 1. The van der Waals surface area contributed by atoms with Crippen molar-refractivity contribution in [3.63, 3.8) is 0 Å². The lowest BCUT2D eigenvalue weighted by Crippen LogP contribution is -2.44. The summed E-state index contributed by atoms with van der Waals surface area (Å²) >= 11 is 0. The van der Waals surface area contributed by atoms with Crippen LogP contribution >= 0.6 is 0 Å². The summed E-state index contributed by atoms with van der Waals surface area (Å²) in [6.07, 6.45) is -0.286. The highest BCUT2D eigenvalue weighted by atomic mass is 16.6. The number of ether oxygens (including phenoxy) is 3. The molecule has 4 heterocycles. The predicted molar refractivity (Wildman–Crippen MR) is 188 cm³/mol. The quantitative estimate of drug-likeness (QED) is 0.182. The van der Waals surface area contributed by atoms with E-state index < -0.39 is 35.8 Å². The van der Waals surface area contributed by atoms with E-state index in [4.69, 9.17) is 24.3 Å². The first-order valence-electron chi connectivity index (χ1n) is 16.9. The molecule has 2 aliphatic heterocycles. The highest BCUT2D eigenvalue weighted by molar-refractivity contribution is 5.97. The molecule has 2 aliphatic rings. The maximum Gasteiger partial charge on any atom is 0.411 e. The fourth-order valence-corrected chi connectivity index (χ4v) is 6.49. The van der Waals surface area contributed by atoms with E-state index in [1.54, 1.807) is 32.5 Å². The van der Waals surface area contributed by atoms with Crippen LogP contribution in [0.1, 0.15) is 50.9 Å². The molecular weight excluding hydrogens is 654 g/mol. The van der Waals surface area contributed by atoms with Crippen LogP contribution in [0, 0.1) is 0 Å². The Morgan fingerprint density at radius 1 is 1.04 bits per heavy atom. The van der Waals surface area contributed by atoms with Crippen LogP contribution in [0.15, 0.2) is 66.7 Å². The van der Waals surface area contributed by atoms with E-state index in [2.05, 4.69) is 10.6 Å². The summed E-state index contributed by atoms with van der Waals surface area (Å²) in [7, 11) is 2.97. The number of anilines is 1. The lowest BCUT2D eigenvalue weighted by atomic mass is 9.98. The fourth-order valence-electron chi connectivity index (χ4n) is 6.49. The highest BCUT2D eigenvalue weighted by Gasteiger charge is 2.42. The number of carbonyl (C=O) groups excluding carboxylic acids is 4. The molecule has 6 rings (SSSR count). The average molecular weight is 698 g/mol. The van der Waals surface area contributed by atoms with Crippen LogP contribution in [0.5, 0.6) is 0 Å². The largest absolute Gasteiger partial charge is 0.467 e. The first-order chi connectivity index (χ1) is 24.4. The summed E-state index contributed by atoms with van der Waals surface area (Å²) < 4.78 is 17.8. The molecule has 0 radical (unpaired) electrons. The number of pyridine rings is 1. The van der Waals surface area contributed by atoms with Crippen molar-refractivity contribution in [3.8, 4) is 11.3 Å². The first-order valence-corrected chi connectivity index (χ1v) is 16.9. The van der Waals surface area contributed by atoms with Gasteiger partial charge >= 0.3 is 18.2 Å². The molecule has 0 saturated carbocycles. The Balaban J connectivity index is 1.21. The van der Waals surface area contributed by atoms with Crippen LogP contribution in [0.4, 0.5) is 15.4 Å². The van der Waals surface area contributed by atoms with Crippen molar-refractivity contribution in [1.82, 2.24) is 29.9 Å². The van der Waals surface area contributed by atoms with Crippen LogP contribution in [0.2, 0.25) is 0 Å². The van der Waals surface area contributed by atoms with Crippen molar-refractivity contribution in [2.45, 2.75) is 70.5 Å². The summed E-state index contributed by atoms with van der Waals surface area (Å²) in [5, 5.41) is 12.1. The lowest BCUT2D eigenvalue weighted by molar-refractivity contribution is -0.145. The second kappa shape index (κ2) is 14.7. The molecule has 14 nitrogen and oxygen atoms in total. The van der Waals surface area contributed by atoms with Crippen LogP contribution in [-0.4, -0.2) is 93.6 Å². The van der Waals surface area contributed by atoms with Crippen molar-refractivity contribution in [2.75, 3.05) is 32.6 Å². The topological polar surface area (TPSA) is 157 Å². The second-order valence-corrected chi connectivity index (χ2v) is 13.8. The Hall–Kier alpha value is -5.66. The number of methoxy groups -OCH3 is 1. The zero-order valence-corrected chi connectivity index (χ0v) is 29.4. The monoisotopic (exact) mass is 697 g/mol. The number of hydrogen-bond acceptors (Lipinski definition) is 10. The lowest BCUT2D eigenvalue weighted by Gasteiger charge is -2.27. The molecule has 0 aliphatic carbocycles. The number of aromatic nitrogens is 3. The Bertz CT molecular complexity index is 1920. The van der Waals surface area contributed by atoms with Crippen molar-refractivity contribution < 1.29 is 33.4 Å². The van der Waals surface area contributed by atoms with Crippen LogP contribution in [0.3, 0.4) is 0 Å². The van der Waals surface area contributed by atoms with Gasteiger partial charge in [0.1, 0.15) is 30.6 Å². The molecule has 2 aromatic carbocycles. The maximum absolute atomic E-state index is 13.0. The molecule has 51 heavy (non-hydrogen) atoms. The van der Waals surface area contributed by atoms with E-state index in [1.165, 1.54) is 16.9 Å². The van der Waals surface area contributed by atoms with Crippen molar-refractivity contribution >= 4 is 40.8 Å². The zero-order chi connectivity index (χ0) is 36.3. The van der Waals surface area contributed by atoms with Crippen LogP contribution < -0.4 is 10.6 Å². The Kier molecular flexibility index (Phi) is 10.1. The van der Waals surface area contributed by atoms with Crippen molar-refractivity contribution in [2.24, 2.45) is 0 Å².